The number of H-pyrrole nitrogens is 1. The van der Waals surface area contributed by atoms with Crippen molar-refractivity contribution in [1.29, 1.82) is 0 Å². The van der Waals surface area contributed by atoms with Gasteiger partial charge in [0.05, 0.1) is 12.3 Å². The molecule has 1 fully saturated rings. The lowest BCUT2D eigenvalue weighted by atomic mass is 10.1. The summed E-state index contributed by atoms with van der Waals surface area (Å²) in [4.78, 5) is 14.4. The van der Waals surface area contributed by atoms with E-state index < -0.39 is 0 Å². The number of amides is 1. The van der Waals surface area contributed by atoms with E-state index in [1.54, 1.807) is 0 Å². The average molecular weight is 299 g/mol. The predicted molar refractivity (Wildman–Crippen MR) is 84.9 cm³/mol. The Balaban J connectivity index is 1.83. The molecule has 1 saturated heterocycles. The lowest BCUT2D eigenvalue weighted by Gasteiger charge is -2.25. The molecule has 0 saturated carbocycles. The normalized spacial score (nSPS) is 14.9. The van der Waals surface area contributed by atoms with Gasteiger partial charge in [-0.25, -0.2) is 0 Å². The van der Waals surface area contributed by atoms with E-state index in [2.05, 4.69) is 10.2 Å². The summed E-state index contributed by atoms with van der Waals surface area (Å²) in [7, 11) is 0. The molecule has 1 amide bonds. The van der Waals surface area contributed by atoms with E-state index in [1.807, 2.05) is 42.2 Å². The summed E-state index contributed by atoms with van der Waals surface area (Å²) in [5.74, 6) is 0.820. The van der Waals surface area contributed by atoms with Gasteiger partial charge in [-0.15, -0.1) is 0 Å². The summed E-state index contributed by atoms with van der Waals surface area (Å²) in [6.07, 6.45) is 3.37. The third-order valence-corrected chi connectivity index (χ3v) is 3.91. The molecule has 0 unspecified atom stereocenters. The number of nitrogens with zero attached hydrogens (tertiary/aromatic N) is 2. The van der Waals surface area contributed by atoms with Crippen molar-refractivity contribution >= 4 is 5.91 Å². The van der Waals surface area contributed by atoms with Gasteiger partial charge in [0.2, 0.25) is 0 Å². The number of nitrogens with one attached hydrogen (secondary N) is 1. The quantitative estimate of drug-likeness (QED) is 0.943. The molecular weight excluding hydrogens is 278 g/mol. The number of carbonyl (C=O) groups is 1. The summed E-state index contributed by atoms with van der Waals surface area (Å²) < 4.78 is 5.63. The zero-order valence-corrected chi connectivity index (χ0v) is 12.8. The number of ether oxygens (including phenoxy) is 1. The Bertz CT molecular complexity index is 645. The molecule has 1 aromatic heterocycles. The van der Waals surface area contributed by atoms with E-state index in [-0.39, 0.29) is 5.91 Å². The summed E-state index contributed by atoms with van der Waals surface area (Å²) >= 11 is 0. The number of rotatable bonds is 4. The highest BCUT2D eigenvalue weighted by atomic mass is 16.5. The van der Waals surface area contributed by atoms with Crippen LogP contribution in [0.1, 0.15) is 36.7 Å². The number of para-hydroxylation sites is 1. The highest BCUT2D eigenvalue weighted by Gasteiger charge is 2.20. The molecule has 0 aliphatic carbocycles. The van der Waals surface area contributed by atoms with Crippen LogP contribution < -0.4 is 4.74 Å². The largest absolute Gasteiger partial charge is 0.493 e. The van der Waals surface area contributed by atoms with E-state index in [9.17, 15) is 4.79 Å². The monoisotopic (exact) mass is 299 g/mol. The number of aromatic nitrogens is 2. The van der Waals surface area contributed by atoms with Crippen molar-refractivity contribution in [3.8, 4) is 17.0 Å². The zero-order chi connectivity index (χ0) is 15.4. The number of benzene rings is 1. The molecule has 0 bridgehead atoms. The fourth-order valence-corrected chi connectivity index (χ4v) is 2.80. The van der Waals surface area contributed by atoms with Gasteiger partial charge in [0.25, 0.3) is 5.91 Å². The van der Waals surface area contributed by atoms with Crippen LogP contribution in [0.15, 0.2) is 30.3 Å². The predicted octanol–water partition coefficient (Wildman–Crippen LogP) is 3.10. The molecule has 1 N–H and O–H groups in total. The van der Waals surface area contributed by atoms with Crippen LogP contribution in [0.3, 0.4) is 0 Å². The molecule has 1 aliphatic rings. The van der Waals surface area contributed by atoms with Crippen molar-refractivity contribution in [3.63, 3.8) is 0 Å². The number of aromatic amines is 1. The third kappa shape index (κ3) is 2.98. The molecule has 1 aromatic carbocycles. The number of likely N-dealkylation sites (tertiary alicyclic amines) is 1. The molecular formula is C17H21N3O2. The van der Waals surface area contributed by atoms with Crippen LogP contribution in [0.25, 0.3) is 11.3 Å². The van der Waals surface area contributed by atoms with Gasteiger partial charge in [-0.05, 0) is 44.4 Å². The smallest absolute Gasteiger partial charge is 0.271 e. The first kappa shape index (κ1) is 14.6. The fourth-order valence-electron chi connectivity index (χ4n) is 2.80. The molecule has 2 heterocycles. The number of hydrogen-bond acceptors (Lipinski definition) is 3. The molecule has 22 heavy (non-hydrogen) atoms. The highest BCUT2D eigenvalue weighted by Crippen LogP contribution is 2.29. The lowest BCUT2D eigenvalue weighted by Crippen LogP contribution is -2.35. The van der Waals surface area contributed by atoms with Crippen LogP contribution >= 0.6 is 0 Å². The van der Waals surface area contributed by atoms with Crippen molar-refractivity contribution in [2.75, 3.05) is 19.7 Å². The molecule has 0 radical (unpaired) electrons. The first-order chi connectivity index (χ1) is 10.8. The van der Waals surface area contributed by atoms with Crippen LogP contribution in [0, 0.1) is 0 Å². The van der Waals surface area contributed by atoms with Crippen LogP contribution in [0.4, 0.5) is 0 Å². The van der Waals surface area contributed by atoms with Crippen LogP contribution in [-0.4, -0.2) is 40.7 Å². The number of piperidine rings is 1. The number of carbonyl (C=O) groups excluding carboxylic acids is 1. The van der Waals surface area contributed by atoms with Gasteiger partial charge in [0.1, 0.15) is 11.4 Å². The SMILES string of the molecule is CCOc1ccccc1-c1cc(C(=O)N2CCCCC2)[nH]n1. The van der Waals surface area contributed by atoms with E-state index in [4.69, 9.17) is 4.74 Å². The van der Waals surface area contributed by atoms with Crippen molar-refractivity contribution in [3.05, 3.63) is 36.0 Å². The van der Waals surface area contributed by atoms with Crippen molar-refractivity contribution in [2.45, 2.75) is 26.2 Å². The van der Waals surface area contributed by atoms with Crippen molar-refractivity contribution in [1.82, 2.24) is 15.1 Å². The molecule has 5 heteroatoms. The summed E-state index contributed by atoms with van der Waals surface area (Å²) in [6, 6.07) is 9.56. The second-order valence-corrected chi connectivity index (χ2v) is 5.45. The Kier molecular flexibility index (Phi) is 4.42. The Labute approximate surface area is 130 Å². The van der Waals surface area contributed by atoms with Gasteiger partial charge >= 0.3 is 0 Å². The Hall–Kier alpha value is -2.30. The highest BCUT2D eigenvalue weighted by molar-refractivity contribution is 5.93. The van der Waals surface area contributed by atoms with Gasteiger partial charge in [-0.2, -0.15) is 5.10 Å². The van der Waals surface area contributed by atoms with Gasteiger partial charge in [-0.3, -0.25) is 9.89 Å². The van der Waals surface area contributed by atoms with Crippen LogP contribution in [-0.2, 0) is 0 Å². The van der Waals surface area contributed by atoms with Gasteiger partial charge in [0.15, 0.2) is 0 Å². The van der Waals surface area contributed by atoms with E-state index >= 15 is 0 Å². The molecule has 0 atom stereocenters. The van der Waals surface area contributed by atoms with Crippen LogP contribution in [0.2, 0.25) is 0 Å². The first-order valence-electron chi connectivity index (χ1n) is 7.86. The standard InChI is InChI=1S/C17H21N3O2/c1-2-22-16-9-5-4-8-13(16)14-12-15(19-18-14)17(21)20-10-6-3-7-11-20/h4-5,8-9,12H,2-3,6-7,10-11H2,1H3,(H,18,19). The maximum Gasteiger partial charge on any atom is 0.271 e. The third-order valence-electron chi connectivity index (χ3n) is 3.91. The molecule has 1 aliphatic heterocycles. The maximum atomic E-state index is 12.5. The second kappa shape index (κ2) is 6.64. The minimum Gasteiger partial charge on any atom is -0.493 e. The summed E-state index contributed by atoms with van der Waals surface area (Å²) in [5, 5.41) is 7.17. The van der Waals surface area contributed by atoms with E-state index in [0.717, 1.165) is 42.9 Å². The minimum absolute atomic E-state index is 0.0346. The number of hydrogen-bond donors (Lipinski definition) is 1. The lowest BCUT2D eigenvalue weighted by molar-refractivity contribution is 0.0718. The van der Waals surface area contributed by atoms with Gasteiger partial charge in [0, 0.05) is 18.7 Å². The Morgan fingerprint density at radius 3 is 2.82 bits per heavy atom. The second-order valence-electron chi connectivity index (χ2n) is 5.45. The topological polar surface area (TPSA) is 58.2 Å². The first-order valence-corrected chi connectivity index (χ1v) is 7.86. The van der Waals surface area contributed by atoms with E-state index in [0.29, 0.717) is 12.3 Å². The molecule has 116 valence electrons. The molecule has 3 rings (SSSR count). The van der Waals surface area contributed by atoms with Gasteiger partial charge in [-0.1, -0.05) is 12.1 Å². The molecule has 5 nitrogen and oxygen atoms in total. The van der Waals surface area contributed by atoms with E-state index in [1.165, 1.54) is 6.42 Å². The van der Waals surface area contributed by atoms with Crippen LogP contribution in [0.5, 0.6) is 5.75 Å². The Morgan fingerprint density at radius 1 is 1.27 bits per heavy atom. The fraction of sp³-hybridized carbons (Fsp3) is 0.412. The average Bonchev–Trinajstić information content (AvgIpc) is 3.05. The summed E-state index contributed by atoms with van der Waals surface area (Å²) in [5.41, 5.74) is 2.19. The zero-order valence-electron chi connectivity index (χ0n) is 12.8. The maximum absolute atomic E-state index is 12.5. The minimum atomic E-state index is 0.0346. The molecule has 2 aromatic rings. The van der Waals surface area contributed by atoms with Crippen molar-refractivity contribution in [2.24, 2.45) is 0 Å². The molecule has 0 spiro atoms. The van der Waals surface area contributed by atoms with Crippen molar-refractivity contribution < 1.29 is 9.53 Å². The van der Waals surface area contributed by atoms with Gasteiger partial charge < -0.3 is 9.64 Å². The Morgan fingerprint density at radius 2 is 2.05 bits per heavy atom. The summed E-state index contributed by atoms with van der Waals surface area (Å²) in [6.45, 7) is 4.22.